The maximum Gasteiger partial charge on any atom is 0.227 e. The van der Waals surface area contributed by atoms with E-state index in [0.29, 0.717) is 0 Å². The number of carbonyl (C=O) groups is 1. The number of unbranched alkanes of at least 4 members (excludes halogenated alkanes) is 4. The summed E-state index contributed by atoms with van der Waals surface area (Å²) in [5, 5.41) is -0.111. The summed E-state index contributed by atoms with van der Waals surface area (Å²) in [6, 6.07) is 0. The van der Waals surface area contributed by atoms with Crippen molar-refractivity contribution < 1.29 is 4.79 Å². The van der Waals surface area contributed by atoms with Gasteiger partial charge in [0.15, 0.2) is 0 Å². The fraction of sp³-hybridized carbons (Fsp3) is 0.929. The summed E-state index contributed by atoms with van der Waals surface area (Å²) in [6.07, 6.45) is 9.97. The van der Waals surface area contributed by atoms with Crippen molar-refractivity contribution in [3.05, 3.63) is 0 Å². The van der Waals surface area contributed by atoms with Crippen molar-refractivity contribution in [2.75, 3.05) is 0 Å². The van der Waals surface area contributed by atoms with E-state index in [9.17, 15) is 4.79 Å². The van der Waals surface area contributed by atoms with E-state index in [4.69, 9.17) is 11.6 Å². The van der Waals surface area contributed by atoms with Gasteiger partial charge in [-0.25, -0.2) is 0 Å². The first kappa shape index (κ1) is 16.0. The lowest BCUT2D eigenvalue weighted by molar-refractivity contribution is -0.121. The topological polar surface area (TPSA) is 17.1 Å². The van der Waals surface area contributed by atoms with Crippen molar-refractivity contribution in [3.8, 4) is 0 Å². The Morgan fingerprint density at radius 3 is 1.94 bits per heavy atom. The maximum absolute atomic E-state index is 11.6. The fourth-order valence-corrected chi connectivity index (χ4v) is 2.54. The number of hydrogen-bond acceptors (Lipinski definition) is 1. The maximum atomic E-state index is 11.6. The molecule has 1 atom stereocenters. The van der Waals surface area contributed by atoms with Crippen molar-refractivity contribution in [1.82, 2.24) is 0 Å². The summed E-state index contributed by atoms with van der Waals surface area (Å²) in [5.74, 6) is 0. The van der Waals surface area contributed by atoms with E-state index in [-0.39, 0.29) is 10.7 Å². The van der Waals surface area contributed by atoms with Crippen molar-refractivity contribution in [1.29, 1.82) is 0 Å². The molecule has 2 heteroatoms. The predicted molar refractivity (Wildman–Crippen MR) is 71.9 cm³/mol. The molecule has 0 amide bonds. The highest BCUT2D eigenvalue weighted by Crippen LogP contribution is 2.37. The quantitative estimate of drug-likeness (QED) is 0.377. The van der Waals surface area contributed by atoms with Gasteiger partial charge in [-0.05, 0) is 30.9 Å². The van der Waals surface area contributed by atoms with Gasteiger partial charge in [-0.1, -0.05) is 59.3 Å². The van der Waals surface area contributed by atoms with Gasteiger partial charge in [-0.2, -0.15) is 0 Å². The van der Waals surface area contributed by atoms with Crippen molar-refractivity contribution in [2.45, 2.75) is 78.6 Å². The van der Waals surface area contributed by atoms with E-state index in [1.165, 1.54) is 19.3 Å². The minimum atomic E-state index is -0.231. The Morgan fingerprint density at radius 2 is 1.50 bits per heavy atom. The zero-order valence-electron chi connectivity index (χ0n) is 11.2. The molecule has 0 rings (SSSR count). The van der Waals surface area contributed by atoms with Crippen molar-refractivity contribution in [2.24, 2.45) is 5.41 Å². The molecular weight excluding hydrogens is 220 g/mol. The van der Waals surface area contributed by atoms with Crippen LogP contribution in [0.3, 0.4) is 0 Å². The average molecular weight is 247 g/mol. The van der Waals surface area contributed by atoms with Gasteiger partial charge < -0.3 is 0 Å². The minimum absolute atomic E-state index is 0.111. The molecule has 0 bridgehead atoms. The Morgan fingerprint density at radius 1 is 0.938 bits per heavy atom. The first-order chi connectivity index (χ1) is 7.63. The number of carbonyl (C=O) groups excluding carboxylic acids is 1. The van der Waals surface area contributed by atoms with Crippen LogP contribution in [0.5, 0.6) is 0 Å². The predicted octanol–water partition coefficient (Wildman–Crippen LogP) is 5.31. The highest BCUT2D eigenvalue weighted by molar-refractivity contribution is 6.64. The third-order valence-corrected chi connectivity index (χ3v) is 4.01. The summed E-state index contributed by atoms with van der Waals surface area (Å²) in [6.45, 7) is 6.46. The van der Waals surface area contributed by atoms with Gasteiger partial charge in [-0.15, -0.1) is 0 Å². The smallest absolute Gasteiger partial charge is 0.227 e. The Labute approximate surface area is 106 Å². The zero-order valence-corrected chi connectivity index (χ0v) is 11.9. The lowest BCUT2D eigenvalue weighted by Crippen LogP contribution is -2.27. The minimum Gasteiger partial charge on any atom is -0.281 e. The number of halogens is 1. The molecule has 96 valence electrons. The third-order valence-electron chi connectivity index (χ3n) is 3.61. The second-order valence-electron chi connectivity index (χ2n) is 4.82. The molecule has 0 N–H and O–H groups in total. The highest BCUT2D eigenvalue weighted by Gasteiger charge is 2.33. The lowest BCUT2D eigenvalue weighted by Gasteiger charge is -2.28. The van der Waals surface area contributed by atoms with E-state index in [2.05, 4.69) is 20.8 Å². The van der Waals surface area contributed by atoms with Crippen LogP contribution in [0.25, 0.3) is 0 Å². The molecule has 16 heavy (non-hydrogen) atoms. The van der Waals surface area contributed by atoms with E-state index >= 15 is 0 Å². The second kappa shape index (κ2) is 9.04. The zero-order chi connectivity index (χ0) is 12.4. The van der Waals surface area contributed by atoms with Gasteiger partial charge in [0.2, 0.25) is 5.24 Å². The molecule has 0 aromatic rings. The van der Waals surface area contributed by atoms with Crippen molar-refractivity contribution in [3.63, 3.8) is 0 Å². The Hall–Kier alpha value is -0.0400. The first-order valence-corrected chi connectivity index (χ1v) is 7.20. The molecule has 0 aliphatic heterocycles. The van der Waals surface area contributed by atoms with Gasteiger partial charge in [0.25, 0.3) is 0 Å². The number of rotatable bonds is 10. The Kier molecular flexibility index (Phi) is 9.02. The van der Waals surface area contributed by atoms with Crippen LogP contribution in [0.2, 0.25) is 0 Å². The van der Waals surface area contributed by atoms with Crippen molar-refractivity contribution >= 4 is 16.8 Å². The molecule has 0 heterocycles. The van der Waals surface area contributed by atoms with E-state index in [1.807, 2.05) is 0 Å². The van der Waals surface area contributed by atoms with Crippen LogP contribution in [0.15, 0.2) is 0 Å². The largest absolute Gasteiger partial charge is 0.281 e. The Bertz CT molecular complexity index is 191. The summed E-state index contributed by atoms with van der Waals surface area (Å²) in [7, 11) is 0. The fourth-order valence-electron chi connectivity index (χ4n) is 2.22. The molecule has 0 saturated heterocycles. The summed E-state index contributed by atoms with van der Waals surface area (Å²) < 4.78 is 0. The molecule has 0 fully saturated rings. The van der Waals surface area contributed by atoms with E-state index in [1.54, 1.807) is 0 Å². The molecule has 0 aromatic carbocycles. The van der Waals surface area contributed by atoms with E-state index < -0.39 is 0 Å². The average Bonchev–Trinajstić information content (AvgIpc) is 2.28. The Balaban J connectivity index is 4.22. The number of hydrogen-bond donors (Lipinski definition) is 0. The normalized spacial score (nSPS) is 14.8. The first-order valence-electron chi connectivity index (χ1n) is 6.83. The molecule has 0 spiro atoms. The van der Waals surface area contributed by atoms with Crippen LogP contribution in [-0.2, 0) is 4.79 Å². The van der Waals surface area contributed by atoms with Crippen LogP contribution < -0.4 is 0 Å². The molecular formula is C14H27ClO. The molecule has 0 aliphatic carbocycles. The lowest BCUT2D eigenvalue weighted by atomic mass is 9.77. The van der Waals surface area contributed by atoms with Gasteiger partial charge in [0.05, 0.1) is 0 Å². The van der Waals surface area contributed by atoms with Crippen LogP contribution in [0.1, 0.15) is 78.6 Å². The summed E-state index contributed by atoms with van der Waals surface area (Å²) in [4.78, 5) is 11.6. The molecule has 1 nitrogen and oxygen atoms in total. The van der Waals surface area contributed by atoms with E-state index in [0.717, 1.165) is 38.5 Å². The third kappa shape index (κ3) is 5.34. The standard InChI is InChI=1S/C14H27ClO/c1-4-7-9-10-12-14(6-3,13(15)16)11-8-5-2/h4-12H2,1-3H3. The summed E-state index contributed by atoms with van der Waals surface area (Å²) >= 11 is 5.81. The monoisotopic (exact) mass is 246 g/mol. The SMILES string of the molecule is CCCCCCC(CC)(CCCC)C(=O)Cl. The molecule has 0 aromatic heterocycles. The van der Waals surface area contributed by atoms with Gasteiger partial charge in [0.1, 0.15) is 0 Å². The second-order valence-corrected chi connectivity index (χ2v) is 5.17. The van der Waals surface area contributed by atoms with Gasteiger partial charge in [-0.3, -0.25) is 4.79 Å². The van der Waals surface area contributed by atoms with Crippen LogP contribution in [0, 0.1) is 5.41 Å². The van der Waals surface area contributed by atoms with Gasteiger partial charge >= 0.3 is 0 Å². The molecule has 0 saturated carbocycles. The highest BCUT2D eigenvalue weighted by atomic mass is 35.5. The molecule has 0 radical (unpaired) electrons. The van der Waals surface area contributed by atoms with Gasteiger partial charge in [0, 0.05) is 5.41 Å². The van der Waals surface area contributed by atoms with Crippen LogP contribution in [0.4, 0.5) is 0 Å². The molecule has 0 aliphatic rings. The van der Waals surface area contributed by atoms with Crippen LogP contribution in [-0.4, -0.2) is 5.24 Å². The molecule has 1 unspecified atom stereocenters. The van der Waals surface area contributed by atoms with Crippen LogP contribution >= 0.6 is 11.6 Å². The summed E-state index contributed by atoms with van der Waals surface area (Å²) in [5.41, 5.74) is -0.231.